The third kappa shape index (κ3) is 28.9. The van der Waals surface area contributed by atoms with E-state index in [1.165, 1.54) is 43.1 Å². The molecule has 620 valence electrons. The van der Waals surface area contributed by atoms with E-state index in [-0.39, 0.29) is 46.8 Å². The molecule has 20 nitrogen and oxygen atoms in total. The van der Waals surface area contributed by atoms with Crippen molar-refractivity contribution in [1.29, 1.82) is 0 Å². The molecule has 5 aromatic heterocycles. The lowest BCUT2D eigenvalue weighted by Crippen LogP contribution is -2.11. The van der Waals surface area contributed by atoms with E-state index in [9.17, 15) is 41.5 Å². The molecule has 0 spiro atoms. The Morgan fingerprint density at radius 3 is 0.815 bits per heavy atom. The number of alkyl halides is 3. The predicted octanol–water partition coefficient (Wildman–Crippen LogP) is 25.0. The predicted molar refractivity (Wildman–Crippen MR) is 473 cm³/mol. The zero-order valence-electron chi connectivity index (χ0n) is 66.3. The lowest BCUT2D eigenvalue weighted by molar-refractivity contribution is -0.137. The number of amides is 5. The van der Waals surface area contributed by atoms with Crippen LogP contribution in [-0.4, -0.2) is 54.5 Å². The number of benzene rings is 10. The summed E-state index contributed by atoms with van der Waals surface area (Å²) >= 11 is 17.7. The van der Waals surface area contributed by atoms with Gasteiger partial charge in [-0.25, -0.2) is 4.39 Å². The number of carbonyl (C=O) groups is 5. The second-order valence-corrected chi connectivity index (χ2v) is 28.2. The molecular formula is C97H73Cl3F4N10O10. The summed E-state index contributed by atoms with van der Waals surface area (Å²) in [5, 5.41) is 15.6. The number of hydrogen-bond donors (Lipinski definition) is 5. The Bertz CT molecular complexity index is 5990. The van der Waals surface area contributed by atoms with E-state index >= 15 is 0 Å². The van der Waals surface area contributed by atoms with Gasteiger partial charge in [0.25, 0.3) is 29.5 Å². The molecule has 0 atom stereocenters. The number of hydrogen-bond acceptors (Lipinski definition) is 15. The van der Waals surface area contributed by atoms with E-state index in [4.69, 9.17) is 64.9 Å². The number of carbonyl (C=O) groups excluding carboxylic acids is 5. The van der Waals surface area contributed by atoms with Crippen molar-refractivity contribution < 1.29 is 65.2 Å². The maximum Gasteiger partial charge on any atom is 0.418 e. The Kier molecular flexibility index (Phi) is 31.6. The minimum absolute atomic E-state index is 0.0491. The van der Waals surface area contributed by atoms with Crippen LogP contribution in [0.4, 0.5) is 46.0 Å². The third-order valence-electron chi connectivity index (χ3n) is 16.8. The highest BCUT2D eigenvalue weighted by Gasteiger charge is 2.31. The Hall–Kier alpha value is -15.6. The highest BCUT2D eigenvalue weighted by Crippen LogP contribution is 2.35. The minimum Gasteiger partial charge on any atom is -0.456 e. The van der Waals surface area contributed by atoms with E-state index in [1.807, 2.05) is 88.4 Å². The van der Waals surface area contributed by atoms with Gasteiger partial charge in [0.2, 0.25) is 0 Å². The summed E-state index contributed by atoms with van der Waals surface area (Å²) in [7, 11) is 0. The van der Waals surface area contributed by atoms with E-state index in [2.05, 4.69) is 57.4 Å². The number of aryl methyl sites for hydroxylation is 4. The maximum absolute atomic E-state index is 13.1. The highest BCUT2D eigenvalue weighted by molar-refractivity contribution is 6.31. The quantitative estimate of drug-likeness (QED) is 0.0351. The molecule has 0 bridgehead atoms. The van der Waals surface area contributed by atoms with Crippen molar-refractivity contribution in [2.24, 2.45) is 0 Å². The molecule has 15 aromatic rings. The van der Waals surface area contributed by atoms with Crippen LogP contribution in [0.25, 0.3) is 0 Å². The molecule has 0 aliphatic carbocycles. The largest absolute Gasteiger partial charge is 0.456 e. The Morgan fingerprint density at radius 1 is 0.298 bits per heavy atom. The van der Waals surface area contributed by atoms with Crippen LogP contribution in [-0.2, 0) is 6.18 Å². The van der Waals surface area contributed by atoms with E-state index in [0.717, 1.165) is 40.7 Å². The number of ether oxygens (including phenoxy) is 5. The molecule has 0 radical (unpaired) electrons. The van der Waals surface area contributed by atoms with E-state index < -0.39 is 17.6 Å². The van der Waals surface area contributed by atoms with Crippen LogP contribution in [0, 0.1) is 45.9 Å². The van der Waals surface area contributed by atoms with Gasteiger partial charge >= 0.3 is 6.18 Å². The van der Waals surface area contributed by atoms with Gasteiger partial charge in [-0.3, -0.25) is 48.9 Å². The molecule has 0 aliphatic rings. The van der Waals surface area contributed by atoms with Crippen LogP contribution in [0.15, 0.2) is 335 Å². The van der Waals surface area contributed by atoms with Gasteiger partial charge in [0.05, 0.1) is 57.8 Å². The number of pyridine rings is 5. The van der Waals surface area contributed by atoms with Crippen molar-refractivity contribution in [2.45, 2.75) is 33.9 Å². The van der Waals surface area contributed by atoms with Crippen molar-refractivity contribution in [2.75, 3.05) is 26.6 Å². The second kappa shape index (κ2) is 43.9. The first-order valence-electron chi connectivity index (χ1n) is 37.5. The highest BCUT2D eigenvalue weighted by atomic mass is 35.5. The monoisotopic (exact) mass is 1720 g/mol. The molecule has 0 aliphatic heterocycles. The van der Waals surface area contributed by atoms with Gasteiger partial charge in [-0.05, 0) is 161 Å². The molecule has 0 saturated carbocycles. The van der Waals surface area contributed by atoms with Crippen molar-refractivity contribution in [1.82, 2.24) is 24.9 Å². The molecule has 27 heteroatoms. The fourth-order valence-electron chi connectivity index (χ4n) is 11.2. The van der Waals surface area contributed by atoms with Crippen molar-refractivity contribution in [3.8, 4) is 69.8 Å². The Balaban J connectivity index is 0.000000151. The van der Waals surface area contributed by atoms with Crippen LogP contribution in [0.1, 0.15) is 85.2 Å². The summed E-state index contributed by atoms with van der Waals surface area (Å²) in [5.74, 6) is 5.24. The smallest absolute Gasteiger partial charge is 0.418 e. The van der Waals surface area contributed by atoms with E-state index in [0.29, 0.717) is 117 Å². The summed E-state index contributed by atoms with van der Waals surface area (Å²) < 4.78 is 79.5. The van der Waals surface area contributed by atoms with Crippen LogP contribution in [0.3, 0.4) is 0 Å². The summed E-state index contributed by atoms with van der Waals surface area (Å²) in [6.45, 7) is 7.71. The summed E-state index contributed by atoms with van der Waals surface area (Å²) in [5.41, 5.74) is 9.52. The molecule has 0 saturated heterocycles. The molecule has 15 rings (SSSR count). The van der Waals surface area contributed by atoms with Gasteiger partial charge in [0, 0.05) is 141 Å². The maximum atomic E-state index is 13.1. The number of anilines is 5. The van der Waals surface area contributed by atoms with Crippen LogP contribution < -0.4 is 50.3 Å². The van der Waals surface area contributed by atoms with Gasteiger partial charge in [0.15, 0.2) is 0 Å². The SMILES string of the molecule is C#Cc1cccc(C(=O)Nc2cccc(Oc3cncc(Cl)c3)c2)c1.Cc1cccc(C(=O)Nc2cccc(Oc3cncc(C(F)(F)F)c3)c2)c1.Cc1cccc(C(=O)Nc2cccc(Oc3cncc(Cl)c3)c2)c1.Cc1cccc(C(=O)Nc2cccc(Oc3cncc(Cl)c3)c2)c1.Cc1cccc(C(=O)Nc2cccc(Oc3cncc(F)c3)c2)c1. The molecule has 5 N–H and O–H groups in total. The van der Waals surface area contributed by atoms with Crippen molar-refractivity contribution in [3.63, 3.8) is 0 Å². The summed E-state index contributed by atoms with van der Waals surface area (Å²) in [6, 6.07) is 77.9. The first-order chi connectivity index (χ1) is 59.7. The number of terminal acetylenes is 1. The average Bonchev–Trinajstić information content (AvgIpc) is 0.837. The zero-order valence-corrected chi connectivity index (χ0v) is 68.6. The van der Waals surface area contributed by atoms with E-state index in [1.54, 1.807) is 213 Å². The summed E-state index contributed by atoms with van der Waals surface area (Å²) in [4.78, 5) is 80.7. The number of nitrogens with one attached hydrogen (secondary N) is 5. The topological polar surface area (TPSA) is 256 Å². The fourth-order valence-corrected chi connectivity index (χ4v) is 11.7. The number of aromatic nitrogens is 5. The Labute approximate surface area is 725 Å². The van der Waals surface area contributed by atoms with Crippen LogP contribution in [0.2, 0.25) is 15.1 Å². The van der Waals surface area contributed by atoms with Crippen LogP contribution in [0.5, 0.6) is 57.5 Å². The second-order valence-electron chi connectivity index (χ2n) is 26.9. The minimum atomic E-state index is -4.50. The molecule has 5 heterocycles. The first kappa shape index (κ1) is 89.2. The molecule has 124 heavy (non-hydrogen) atoms. The molecule has 0 unspecified atom stereocenters. The van der Waals surface area contributed by atoms with Crippen molar-refractivity contribution in [3.05, 3.63) is 417 Å². The lowest BCUT2D eigenvalue weighted by atomic mass is 10.1. The molecular weight excluding hydrogens is 1650 g/mol. The summed E-state index contributed by atoms with van der Waals surface area (Å²) in [6.07, 6.45) is 14.6. The fraction of sp³-hybridized carbons (Fsp3) is 0.0515. The van der Waals surface area contributed by atoms with Crippen molar-refractivity contribution >= 4 is 92.8 Å². The first-order valence-corrected chi connectivity index (χ1v) is 38.6. The number of nitrogens with zero attached hydrogens (tertiary/aromatic N) is 5. The van der Waals surface area contributed by atoms with Gasteiger partial charge in [0.1, 0.15) is 63.3 Å². The molecule has 5 amide bonds. The number of halogens is 7. The Morgan fingerprint density at radius 2 is 0.548 bits per heavy atom. The molecule has 10 aromatic carbocycles. The number of rotatable bonds is 20. The standard InChI is InChI=1S/C20H13ClN2O2.C20H15F3N2O2.2C19H15ClN2O2.C19H15FN2O2/c1-2-14-5-3-6-15(9-14)20(24)23-17-7-4-8-18(11-17)25-19-10-16(21)12-22-13-19;1-13-4-2-5-14(8-13)19(26)25-16-6-3-7-17(10-16)27-18-9-15(11-24-12-18)20(21,22)23;3*1-13-4-2-5-14(8-13)19(23)22-16-6-3-7-17(10-16)24-18-9-15(20)11-21-12-18/h1,3-13H,(H,23,24);2-12H,1H3,(H,25,26);3*2-12H,1H3,(H,22,23). The van der Waals surface area contributed by atoms with Gasteiger partial charge in [-0.2, -0.15) is 13.2 Å². The normalized spacial score (nSPS) is 10.4. The van der Waals surface area contributed by atoms with Crippen LogP contribution >= 0.6 is 34.8 Å². The third-order valence-corrected chi connectivity index (χ3v) is 17.4. The lowest BCUT2D eigenvalue weighted by Gasteiger charge is -2.11. The zero-order chi connectivity index (χ0) is 87.9. The molecule has 0 fully saturated rings. The van der Waals surface area contributed by atoms with Gasteiger partial charge < -0.3 is 50.3 Å². The van der Waals surface area contributed by atoms with Gasteiger partial charge in [-0.1, -0.05) is 148 Å². The average molecular weight is 1720 g/mol. The van der Waals surface area contributed by atoms with Gasteiger partial charge in [-0.15, -0.1) is 6.42 Å².